The van der Waals surface area contributed by atoms with Gasteiger partial charge in [-0.25, -0.2) is 4.39 Å². The minimum absolute atomic E-state index is 0.0119. The Morgan fingerprint density at radius 1 is 1.17 bits per heavy atom. The Balaban J connectivity index is 2.25. The van der Waals surface area contributed by atoms with Gasteiger partial charge in [0, 0.05) is 26.2 Å². The number of hydrogen-bond donors (Lipinski definition) is 2. The van der Waals surface area contributed by atoms with Gasteiger partial charge in [0.2, 0.25) is 0 Å². The molecule has 8 heteroatoms. The van der Waals surface area contributed by atoms with Crippen LogP contribution in [0.3, 0.4) is 0 Å². The number of ether oxygens (including phenoxy) is 1. The largest absolute Gasteiger partial charge is 0.411 e. The second kappa shape index (κ2) is 10.9. The van der Waals surface area contributed by atoms with Crippen molar-refractivity contribution in [2.75, 3.05) is 32.8 Å². The lowest BCUT2D eigenvalue weighted by atomic mass is 10.1. The van der Waals surface area contributed by atoms with Crippen molar-refractivity contribution in [3.63, 3.8) is 0 Å². The summed E-state index contributed by atoms with van der Waals surface area (Å²) >= 11 is 0. The van der Waals surface area contributed by atoms with E-state index in [-0.39, 0.29) is 12.4 Å². The number of alkyl halides is 3. The lowest BCUT2D eigenvalue weighted by molar-refractivity contribution is -0.173. The molecule has 0 saturated carbocycles. The molecule has 1 aromatic carbocycles. The van der Waals surface area contributed by atoms with E-state index >= 15 is 0 Å². The van der Waals surface area contributed by atoms with Crippen LogP contribution in [0.1, 0.15) is 18.9 Å². The number of rotatable bonds is 9. The van der Waals surface area contributed by atoms with Crippen LogP contribution in [0.25, 0.3) is 0 Å². The van der Waals surface area contributed by atoms with E-state index in [0.717, 1.165) is 5.56 Å². The maximum absolute atomic E-state index is 12.8. The molecule has 0 radical (unpaired) electrons. The van der Waals surface area contributed by atoms with E-state index in [1.165, 1.54) is 12.1 Å². The van der Waals surface area contributed by atoms with Crippen LogP contribution in [0.4, 0.5) is 17.6 Å². The standard InChI is InChI=1S/C16H23F4N3O/c1-2-21-15(22-9-3-11-24-12-16(18,19)20)23-10-8-13-4-6-14(17)7-5-13/h4-7H,2-3,8-12H2,1H3,(H2,21,22,23). The van der Waals surface area contributed by atoms with Gasteiger partial charge in [0.1, 0.15) is 12.4 Å². The van der Waals surface area contributed by atoms with Gasteiger partial charge in [-0.15, -0.1) is 0 Å². The molecule has 4 nitrogen and oxygen atoms in total. The monoisotopic (exact) mass is 349 g/mol. The van der Waals surface area contributed by atoms with E-state index < -0.39 is 12.8 Å². The average molecular weight is 349 g/mol. The maximum Gasteiger partial charge on any atom is 0.411 e. The van der Waals surface area contributed by atoms with Gasteiger partial charge in [-0.1, -0.05) is 12.1 Å². The zero-order valence-corrected chi connectivity index (χ0v) is 13.6. The fourth-order valence-corrected chi connectivity index (χ4v) is 1.86. The maximum atomic E-state index is 12.8. The average Bonchev–Trinajstić information content (AvgIpc) is 2.51. The van der Waals surface area contributed by atoms with Crippen molar-refractivity contribution in [2.45, 2.75) is 25.9 Å². The van der Waals surface area contributed by atoms with Crippen LogP contribution in [0.2, 0.25) is 0 Å². The Kier molecular flexibility index (Phi) is 9.14. The van der Waals surface area contributed by atoms with Gasteiger partial charge in [0.05, 0.1) is 0 Å². The molecule has 0 spiro atoms. The van der Waals surface area contributed by atoms with Gasteiger partial charge in [-0.3, -0.25) is 4.99 Å². The molecule has 0 heterocycles. The molecule has 1 rings (SSSR count). The second-order valence-electron chi connectivity index (χ2n) is 5.09. The summed E-state index contributed by atoms with van der Waals surface area (Å²) in [4.78, 5) is 4.27. The van der Waals surface area contributed by atoms with Gasteiger partial charge in [0.25, 0.3) is 0 Å². The third-order valence-corrected chi connectivity index (χ3v) is 2.95. The van der Waals surface area contributed by atoms with Crippen molar-refractivity contribution in [1.29, 1.82) is 0 Å². The quantitative estimate of drug-likeness (QED) is 0.312. The van der Waals surface area contributed by atoms with Crippen LogP contribution in [0.5, 0.6) is 0 Å². The Hall–Kier alpha value is -1.83. The zero-order chi connectivity index (χ0) is 17.8. The van der Waals surface area contributed by atoms with Gasteiger partial charge in [0.15, 0.2) is 5.96 Å². The molecular weight excluding hydrogens is 326 g/mol. The number of benzene rings is 1. The summed E-state index contributed by atoms with van der Waals surface area (Å²) < 4.78 is 53.0. The van der Waals surface area contributed by atoms with Crippen molar-refractivity contribution in [3.05, 3.63) is 35.6 Å². The van der Waals surface area contributed by atoms with Gasteiger partial charge in [-0.05, 0) is 37.5 Å². The molecule has 0 aromatic heterocycles. The Morgan fingerprint density at radius 3 is 2.50 bits per heavy atom. The van der Waals surface area contributed by atoms with E-state index in [9.17, 15) is 17.6 Å². The topological polar surface area (TPSA) is 45.7 Å². The highest BCUT2D eigenvalue weighted by atomic mass is 19.4. The summed E-state index contributed by atoms with van der Waals surface area (Å²) in [7, 11) is 0. The van der Waals surface area contributed by atoms with Gasteiger partial charge < -0.3 is 15.4 Å². The van der Waals surface area contributed by atoms with Crippen molar-refractivity contribution in [3.8, 4) is 0 Å². The van der Waals surface area contributed by atoms with Crippen molar-refractivity contribution in [1.82, 2.24) is 10.6 Å². The Morgan fingerprint density at radius 2 is 1.88 bits per heavy atom. The minimum Gasteiger partial charge on any atom is -0.372 e. The highest BCUT2D eigenvalue weighted by molar-refractivity contribution is 5.79. The second-order valence-corrected chi connectivity index (χ2v) is 5.09. The first-order chi connectivity index (χ1) is 11.4. The molecule has 136 valence electrons. The number of guanidine groups is 1. The lowest BCUT2D eigenvalue weighted by Gasteiger charge is -2.11. The van der Waals surface area contributed by atoms with E-state index in [4.69, 9.17) is 0 Å². The number of halogens is 4. The first kappa shape index (κ1) is 20.2. The van der Waals surface area contributed by atoms with E-state index in [1.807, 2.05) is 6.92 Å². The summed E-state index contributed by atoms with van der Waals surface area (Å²) in [6.45, 7) is 2.35. The molecule has 0 aliphatic heterocycles. The molecular formula is C16H23F4N3O. The van der Waals surface area contributed by atoms with Crippen molar-refractivity contribution in [2.24, 2.45) is 4.99 Å². The summed E-state index contributed by atoms with van der Waals surface area (Å²) in [5.41, 5.74) is 1.00. The number of aliphatic imine (C=N–C) groups is 1. The van der Waals surface area contributed by atoms with E-state index in [0.29, 0.717) is 38.4 Å². The molecule has 0 amide bonds. The number of nitrogens with zero attached hydrogens (tertiary/aromatic N) is 1. The molecule has 0 unspecified atom stereocenters. The number of hydrogen-bond acceptors (Lipinski definition) is 2. The highest BCUT2D eigenvalue weighted by Gasteiger charge is 2.27. The van der Waals surface area contributed by atoms with Crippen LogP contribution < -0.4 is 10.6 Å². The van der Waals surface area contributed by atoms with E-state index in [2.05, 4.69) is 20.4 Å². The SMILES string of the molecule is CCNC(=NCCCOCC(F)(F)F)NCCc1ccc(F)cc1. The van der Waals surface area contributed by atoms with Crippen LogP contribution in [-0.2, 0) is 11.2 Å². The normalized spacial score (nSPS) is 12.3. The fourth-order valence-electron chi connectivity index (χ4n) is 1.86. The first-order valence-electron chi connectivity index (χ1n) is 7.82. The smallest absolute Gasteiger partial charge is 0.372 e. The van der Waals surface area contributed by atoms with Gasteiger partial charge >= 0.3 is 6.18 Å². The summed E-state index contributed by atoms with van der Waals surface area (Å²) in [5.74, 6) is 0.324. The van der Waals surface area contributed by atoms with Crippen molar-refractivity contribution >= 4 is 5.96 Å². The third-order valence-electron chi connectivity index (χ3n) is 2.95. The fraction of sp³-hybridized carbons (Fsp3) is 0.562. The van der Waals surface area contributed by atoms with Crippen LogP contribution in [0.15, 0.2) is 29.3 Å². The summed E-state index contributed by atoms with van der Waals surface area (Å²) in [6, 6.07) is 6.27. The van der Waals surface area contributed by atoms with E-state index in [1.54, 1.807) is 12.1 Å². The third kappa shape index (κ3) is 10.0. The summed E-state index contributed by atoms with van der Waals surface area (Å²) in [5, 5.41) is 6.17. The Bertz CT molecular complexity index is 489. The predicted octanol–water partition coefficient (Wildman–Crippen LogP) is 2.89. The first-order valence-corrected chi connectivity index (χ1v) is 7.82. The van der Waals surface area contributed by atoms with Crippen LogP contribution in [0, 0.1) is 5.82 Å². The molecule has 0 saturated heterocycles. The summed E-state index contributed by atoms with van der Waals surface area (Å²) in [6.07, 6.45) is -3.18. The molecule has 24 heavy (non-hydrogen) atoms. The van der Waals surface area contributed by atoms with Crippen LogP contribution in [-0.4, -0.2) is 45.0 Å². The van der Waals surface area contributed by atoms with Gasteiger partial charge in [-0.2, -0.15) is 13.2 Å². The zero-order valence-electron chi connectivity index (χ0n) is 13.6. The molecule has 1 aromatic rings. The minimum atomic E-state index is -4.29. The molecule has 0 aliphatic rings. The molecule has 0 fully saturated rings. The molecule has 0 aliphatic carbocycles. The van der Waals surface area contributed by atoms with Crippen molar-refractivity contribution < 1.29 is 22.3 Å². The Labute approximate surface area is 139 Å². The lowest BCUT2D eigenvalue weighted by Crippen LogP contribution is -2.38. The molecule has 0 atom stereocenters. The van der Waals surface area contributed by atoms with Crippen LogP contribution >= 0.6 is 0 Å². The molecule has 0 bridgehead atoms. The predicted molar refractivity (Wildman–Crippen MR) is 85.6 cm³/mol. The molecule has 2 N–H and O–H groups in total. The highest BCUT2D eigenvalue weighted by Crippen LogP contribution is 2.14. The number of nitrogens with one attached hydrogen (secondary N) is 2.